The molecule has 2 fully saturated rings. The Morgan fingerprint density at radius 2 is 2.28 bits per heavy atom. The van der Waals surface area contributed by atoms with Crippen molar-refractivity contribution in [2.45, 2.75) is 38.4 Å². The van der Waals surface area contributed by atoms with Crippen LogP contribution in [0.25, 0.3) is 0 Å². The molecule has 0 N–H and O–H groups in total. The highest BCUT2D eigenvalue weighted by Gasteiger charge is 2.61. The van der Waals surface area contributed by atoms with E-state index in [1.165, 1.54) is 0 Å². The zero-order chi connectivity index (χ0) is 13.3. The summed E-state index contributed by atoms with van der Waals surface area (Å²) in [5.74, 6) is -0.557. The molecule has 4 heteroatoms. The van der Waals surface area contributed by atoms with E-state index in [4.69, 9.17) is 9.47 Å². The second kappa shape index (κ2) is 4.69. The molecule has 0 bridgehead atoms. The van der Waals surface area contributed by atoms with E-state index in [2.05, 4.69) is 13.2 Å². The minimum absolute atomic E-state index is 0.0495. The van der Waals surface area contributed by atoms with Crippen LogP contribution >= 0.6 is 0 Å². The number of carbonyl (C=O) groups is 2. The van der Waals surface area contributed by atoms with Crippen molar-refractivity contribution in [2.75, 3.05) is 6.61 Å². The Balaban J connectivity index is 2.17. The van der Waals surface area contributed by atoms with Crippen LogP contribution in [-0.2, 0) is 19.1 Å². The lowest BCUT2D eigenvalue weighted by molar-refractivity contribution is -0.146. The molecule has 1 saturated carbocycles. The highest BCUT2D eigenvalue weighted by atomic mass is 16.6. The highest BCUT2D eigenvalue weighted by molar-refractivity contribution is 6.00. The van der Waals surface area contributed by atoms with Crippen LogP contribution < -0.4 is 0 Å². The third-order valence-electron chi connectivity index (χ3n) is 3.72. The van der Waals surface area contributed by atoms with Gasteiger partial charge < -0.3 is 9.47 Å². The van der Waals surface area contributed by atoms with Crippen molar-refractivity contribution in [1.82, 2.24) is 0 Å². The number of rotatable bonds is 5. The second-order valence-electron chi connectivity index (χ2n) is 5.06. The monoisotopic (exact) mass is 250 g/mol. The van der Waals surface area contributed by atoms with E-state index in [1.54, 1.807) is 6.92 Å². The molecule has 1 aliphatic carbocycles. The maximum atomic E-state index is 12.4. The number of ketones is 1. The van der Waals surface area contributed by atoms with Crippen LogP contribution in [0.1, 0.15) is 26.2 Å². The molecule has 1 saturated heterocycles. The third kappa shape index (κ3) is 2.12. The van der Waals surface area contributed by atoms with Crippen LogP contribution in [0.3, 0.4) is 0 Å². The van der Waals surface area contributed by atoms with Gasteiger partial charge in [-0.25, -0.2) is 4.79 Å². The van der Waals surface area contributed by atoms with Crippen molar-refractivity contribution >= 4 is 11.8 Å². The van der Waals surface area contributed by atoms with Crippen LogP contribution in [0.2, 0.25) is 0 Å². The number of hydrogen-bond donors (Lipinski definition) is 0. The van der Waals surface area contributed by atoms with E-state index < -0.39 is 11.4 Å². The van der Waals surface area contributed by atoms with Gasteiger partial charge in [0.1, 0.15) is 12.7 Å². The van der Waals surface area contributed by atoms with E-state index in [9.17, 15) is 9.59 Å². The van der Waals surface area contributed by atoms with Gasteiger partial charge >= 0.3 is 5.97 Å². The summed E-state index contributed by atoms with van der Waals surface area (Å²) >= 11 is 0. The Morgan fingerprint density at radius 3 is 2.89 bits per heavy atom. The molecule has 98 valence electrons. The number of allylic oxidation sites excluding steroid dienone is 1. The fraction of sp³-hybridized carbons (Fsp3) is 0.571. The SMILES string of the molecule is C=CC(=O)OCC1(C(=O)C(=C)C)CCCC2OC21. The van der Waals surface area contributed by atoms with Gasteiger partial charge in [-0.1, -0.05) is 13.2 Å². The second-order valence-corrected chi connectivity index (χ2v) is 5.06. The maximum Gasteiger partial charge on any atom is 0.330 e. The summed E-state index contributed by atoms with van der Waals surface area (Å²) < 4.78 is 10.7. The third-order valence-corrected chi connectivity index (χ3v) is 3.72. The highest BCUT2D eigenvalue weighted by Crippen LogP contribution is 2.50. The van der Waals surface area contributed by atoms with Crippen molar-refractivity contribution in [2.24, 2.45) is 5.41 Å². The smallest absolute Gasteiger partial charge is 0.330 e. The average Bonchev–Trinajstić information content (AvgIpc) is 3.14. The Morgan fingerprint density at radius 1 is 1.56 bits per heavy atom. The summed E-state index contributed by atoms with van der Waals surface area (Å²) in [6, 6.07) is 0. The molecule has 1 heterocycles. The molecule has 0 aromatic carbocycles. The largest absolute Gasteiger partial charge is 0.461 e. The van der Waals surface area contributed by atoms with Crippen molar-refractivity contribution in [3.8, 4) is 0 Å². The van der Waals surface area contributed by atoms with E-state index in [0.717, 1.165) is 18.9 Å². The Kier molecular flexibility index (Phi) is 3.39. The van der Waals surface area contributed by atoms with Crippen LogP contribution in [-0.4, -0.2) is 30.6 Å². The van der Waals surface area contributed by atoms with Gasteiger partial charge in [0.15, 0.2) is 5.78 Å². The van der Waals surface area contributed by atoms with Gasteiger partial charge in [0.2, 0.25) is 0 Å². The molecule has 18 heavy (non-hydrogen) atoms. The van der Waals surface area contributed by atoms with Crippen LogP contribution in [0.4, 0.5) is 0 Å². The Labute approximate surface area is 107 Å². The average molecular weight is 250 g/mol. The molecule has 0 aromatic heterocycles. The van der Waals surface area contributed by atoms with Gasteiger partial charge in [-0.15, -0.1) is 0 Å². The first-order chi connectivity index (χ1) is 8.51. The molecule has 0 aromatic rings. The summed E-state index contributed by atoms with van der Waals surface area (Å²) in [5, 5.41) is 0. The first-order valence-electron chi connectivity index (χ1n) is 6.16. The minimum atomic E-state index is -0.729. The number of epoxide rings is 1. The van der Waals surface area contributed by atoms with E-state index in [-0.39, 0.29) is 24.6 Å². The maximum absolute atomic E-state index is 12.4. The van der Waals surface area contributed by atoms with E-state index >= 15 is 0 Å². The Hall–Kier alpha value is -1.42. The number of ether oxygens (including phenoxy) is 2. The summed E-state index contributed by atoms with van der Waals surface area (Å²) in [5.41, 5.74) is -0.242. The summed E-state index contributed by atoms with van der Waals surface area (Å²) in [7, 11) is 0. The lowest BCUT2D eigenvalue weighted by Gasteiger charge is -2.32. The standard InChI is InChI=1S/C14H18O4/c1-4-11(15)17-8-14(12(16)9(2)3)7-5-6-10-13(14)18-10/h4,10,13H,1-2,5-8H2,3H3. The number of esters is 1. The van der Waals surface area contributed by atoms with E-state index in [1.807, 2.05) is 0 Å². The molecule has 0 amide bonds. The molecular formula is C14H18O4. The van der Waals surface area contributed by atoms with Gasteiger partial charge in [0.25, 0.3) is 0 Å². The predicted octanol–water partition coefficient (Wildman–Crippen LogP) is 1.80. The van der Waals surface area contributed by atoms with Crippen LogP contribution in [0.5, 0.6) is 0 Å². The van der Waals surface area contributed by atoms with Crippen molar-refractivity contribution in [3.05, 3.63) is 24.8 Å². The molecule has 3 unspecified atom stereocenters. The minimum Gasteiger partial charge on any atom is -0.461 e. The van der Waals surface area contributed by atoms with Gasteiger partial charge in [-0.3, -0.25) is 4.79 Å². The van der Waals surface area contributed by atoms with Gasteiger partial charge in [0.05, 0.1) is 11.5 Å². The first-order valence-corrected chi connectivity index (χ1v) is 6.16. The number of Topliss-reactive ketones (excluding diaryl/α,β-unsaturated/α-hetero) is 1. The number of hydrogen-bond acceptors (Lipinski definition) is 4. The van der Waals surface area contributed by atoms with Crippen LogP contribution in [0, 0.1) is 5.41 Å². The molecule has 4 nitrogen and oxygen atoms in total. The lowest BCUT2D eigenvalue weighted by Crippen LogP contribution is -2.44. The van der Waals surface area contributed by atoms with Crippen molar-refractivity contribution < 1.29 is 19.1 Å². The van der Waals surface area contributed by atoms with Gasteiger partial charge in [-0.2, -0.15) is 0 Å². The summed E-state index contributed by atoms with van der Waals surface area (Å²) in [6.45, 7) is 8.80. The predicted molar refractivity (Wildman–Crippen MR) is 65.9 cm³/mol. The molecule has 0 radical (unpaired) electrons. The quantitative estimate of drug-likeness (QED) is 0.424. The van der Waals surface area contributed by atoms with E-state index in [0.29, 0.717) is 12.0 Å². The molecule has 0 spiro atoms. The molecule has 2 rings (SSSR count). The zero-order valence-corrected chi connectivity index (χ0v) is 10.6. The fourth-order valence-electron chi connectivity index (χ4n) is 2.76. The molecule has 1 aliphatic heterocycles. The summed E-state index contributed by atoms with van der Waals surface area (Å²) in [6.07, 6.45) is 3.70. The van der Waals surface area contributed by atoms with Crippen molar-refractivity contribution in [1.29, 1.82) is 0 Å². The fourth-order valence-corrected chi connectivity index (χ4v) is 2.76. The topological polar surface area (TPSA) is 55.9 Å². The summed E-state index contributed by atoms with van der Waals surface area (Å²) in [4.78, 5) is 23.6. The Bertz CT molecular complexity index is 412. The lowest BCUT2D eigenvalue weighted by atomic mass is 9.70. The number of carbonyl (C=O) groups excluding carboxylic acids is 2. The molecule has 3 atom stereocenters. The van der Waals surface area contributed by atoms with Crippen molar-refractivity contribution in [3.63, 3.8) is 0 Å². The number of fused-ring (bicyclic) bond motifs is 1. The molecule has 2 aliphatic rings. The zero-order valence-electron chi connectivity index (χ0n) is 10.6. The first kappa shape index (κ1) is 13.0. The molecular weight excluding hydrogens is 232 g/mol. The van der Waals surface area contributed by atoms with Gasteiger partial charge in [-0.05, 0) is 31.8 Å². The van der Waals surface area contributed by atoms with Gasteiger partial charge in [0, 0.05) is 6.08 Å². The van der Waals surface area contributed by atoms with Crippen LogP contribution in [0.15, 0.2) is 24.8 Å². The normalized spacial score (nSPS) is 33.2.